The van der Waals surface area contributed by atoms with Gasteiger partial charge < -0.3 is 20.1 Å². The van der Waals surface area contributed by atoms with Gasteiger partial charge in [-0.1, -0.05) is 44.2 Å². The fourth-order valence-electron chi connectivity index (χ4n) is 2.37. The van der Waals surface area contributed by atoms with Crippen LogP contribution in [0.3, 0.4) is 0 Å². The van der Waals surface area contributed by atoms with Crippen LogP contribution in [0.1, 0.15) is 53.0 Å². The molecule has 2 amide bonds. The molecule has 7 nitrogen and oxygen atoms in total. The third kappa shape index (κ3) is 10.5. The normalized spacial score (nSPS) is 12.2. The Kier molecular flexibility index (Phi) is 9.48. The SMILES string of the molecule is CC(C)C[C@H](NC(=O)OC(C)(C)C)C(=O)NCCC(=O)OCc1ccccc1. The molecular weight excluding hydrogens is 360 g/mol. The smallest absolute Gasteiger partial charge is 0.408 e. The van der Waals surface area contributed by atoms with Gasteiger partial charge in [0.1, 0.15) is 18.2 Å². The number of amides is 2. The highest BCUT2D eigenvalue weighted by atomic mass is 16.6. The van der Waals surface area contributed by atoms with Crippen molar-refractivity contribution in [3.63, 3.8) is 0 Å². The number of hydrogen-bond acceptors (Lipinski definition) is 5. The number of ether oxygens (including phenoxy) is 2. The maximum absolute atomic E-state index is 12.4. The molecule has 0 bridgehead atoms. The standard InChI is InChI=1S/C21H32N2O5/c1-15(2)13-17(23-20(26)28-21(3,4)5)19(25)22-12-11-18(24)27-14-16-9-7-6-8-10-16/h6-10,15,17H,11-14H2,1-5H3,(H,22,25)(H,23,26)/t17-/m0/s1. The maximum Gasteiger partial charge on any atom is 0.408 e. The summed E-state index contributed by atoms with van der Waals surface area (Å²) >= 11 is 0. The number of benzene rings is 1. The van der Waals surface area contributed by atoms with Crippen molar-refractivity contribution in [3.8, 4) is 0 Å². The molecule has 28 heavy (non-hydrogen) atoms. The zero-order chi connectivity index (χ0) is 21.2. The van der Waals surface area contributed by atoms with E-state index < -0.39 is 23.7 Å². The van der Waals surface area contributed by atoms with Crippen LogP contribution >= 0.6 is 0 Å². The molecule has 1 aromatic rings. The summed E-state index contributed by atoms with van der Waals surface area (Å²) in [5.41, 5.74) is 0.254. The first-order valence-corrected chi connectivity index (χ1v) is 9.53. The van der Waals surface area contributed by atoms with Crippen LogP contribution in [-0.4, -0.2) is 36.2 Å². The van der Waals surface area contributed by atoms with Crippen LogP contribution in [0.25, 0.3) is 0 Å². The van der Waals surface area contributed by atoms with Crippen molar-refractivity contribution in [1.82, 2.24) is 10.6 Å². The molecule has 2 N–H and O–H groups in total. The monoisotopic (exact) mass is 392 g/mol. The highest BCUT2D eigenvalue weighted by Gasteiger charge is 2.25. The van der Waals surface area contributed by atoms with E-state index in [9.17, 15) is 14.4 Å². The minimum Gasteiger partial charge on any atom is -0.461 e. The van der Waals surface area contributed by atoms with Gasteiger partial charge in [-0.3, -0.25) is 9.59 Å². The second-order valence-electron chi connectivity index (χ2n) is 8.02. The first kappa shape index (κ1) is 23.5. The van der Waals surface area contributed by atoms with Crippen LogP contribution in [0.15, 0.2) is 30.3 Å². The second-order valence-corrected chi connectivity index (χ2v) is 8.02. The van der Waals surface area contributed by atoms with Gasteiger partial charge in [0.2, 0.25) is 5.91 Å². The van der Waals surface area contributed by atoms with Crippen molar-refractivity contribution in [2.24, 2.45) is 5.92 Å². The van der Waals surface area contributed by atoms with Gasteiger partial charge in [-0.15, -0.1) is 0 Å². The number of rotatable bonds is 9. The summed E-state index contributed by atoms with van der Waals surface area (Å²) in [5.74, 6) is -0.554. The van der Waals surface area contributed by atoms with Gasteiger partial charge in [-0.2, -0.15) is 0 Å². The van der Waals surface area contributed by atoms with Gasteiger partial charge >= 0.3 is 12.1 Å². The molecule has 0 saturated carbocycles. The van der Waals surface area contributed by atoms with Crippen LogP contribution in [0.4, 0.5) is 4.79 Å². The zero-order valence-electron chi connectivity index (χ0n) is 17.4. The Morgan fingerprint density at radius 1 is 1.07 bits per heavy atom. The van der Waals surface area contributed by atoms with Crippen molar-refractivity contribution in [2.45, 2.75) is 65.7 Å². The molecule has 0 aliphatic carbocycles. The lowest BCUT2D eigenvalue weighted by Crippen LogP contribution is -2.49. The summed E-state index contributed by atoms with van der Waals surface area (Å²) in [4.78, 5) is 36.2. The lowest BCUT2D eigenvalue weighted by molar-refractivity contribution is -0.144. The van der Waals surface area contributed by atoms with Gasteiger partial charge in [0, 0.05) is 6.54 Å². The molecule has 1 rings (SSSR count). The Bertz CT molecular complexity index is 638. The van der Waals surface area contributed by atoms with E-state index in [0.29, 0.717) is 6.42 Å². The predicted molar refractivity (Wildman–Crippen MR) is 106 cm³/mol. The summed E-state index contributed by atoms with van der Waals surface area (Å²) in [6, 6.07) is 8.64. The van der Waals surface area contributed by atoms with Gasteiger partial charge in [0.15, 0.2) is 0 Å². The molecule has 0 aliphatic rings. The highest BCUT2D eigenvalue weighted by Crippen LogP contribution is 2.09. The molecule has 0 unspecified atom stereocenters. The lowest BCUT2D eigenvalue weighted by Gasteiger charge is -2.24. The Labute approximate surface area is 167 Å². The third-order valence-electron chi connectivity index (χ3n) is 3.59. The molecule has 0 heterocycles. The Morgan fingerprint density at radius 3 is 2.29 bits per heavy atom. The number of carbonyl (C=O) groups is 3. The molecule has 7 heteroatoms. The van der Waals surface area contributed by atoms with Crippen molar-refractivity contribution >= 4 is 18.0 Å². The quantitative estimate of drug-likeness (QED) is 0.630. The van der Waals surface area contributed by atoms with E-state index in [0.717, 1.165) is 5.56 Å². The van der Waals surface area contributed by atoms with E-state index in [2.05, 4.69) is 10.6 Å². The summed E-state index contributed by atoms with van der Waals surface area (Å²) in [7, 11) is 0. The van der Waals surface area contributed by atoms with E-state index in [4.69, 9.17) is 9.47 Å². The average Bonchev–Trinajstić information content (AvgIpc) is 2.58. The van der Waals surface area contributed by atoms with Crippen LogP contribution < -0.4 is 10.6 Å². The van der Waals surface area contributed by atoms with Crippen molar-refractivity contribution < 1.29 is 23.9 Å². The van der Waals surface area contributed by atoms with Crippen LogP contribution in [-0.2, 0) is 25.7 Å². The fraction of sp³-hybridized carbons (Fsp3) is 0.571. The molecule has 0 fully saturated rings. The van der Waals surface area contributed by atoms with Crippen LogP contribution in [0, 0.1) is 5.92 Å². The molecule has 0 spiro atoms. The van der Waals surface area contributed by atoms with E-state index >= 15 is 0 Å². The summed E-state index contributed by atoms with van der Waals surface area (Å²) in [6.07, 6.45) is -0.126. The number of nitrogens with one attached hydrogen (secondary N) is 2. The molecule has 0 saturated heterocycles. The van der Waals surface area contributed by atoms with E-state index in [-0.39, 0.29) is 31.4 Å². The average molecular weight is 392 g/mol. The van der Waals surface area contributed by atoms with Gasteiger partial charge in [-0.25, -0.2) is 4.79 Å². The van der Waals surface area contributed by atoms with Gasteiger partial charge in [0.05, 0.1) is 6.42 Å². The minimum absolute atomic E-state index is 0.0550. The summed E-state index contributed by atoms with van der Waals surface area (Å²) in [6.45, 7) is 9.51. The van der Waals surface area contributed by atoms with E-state index in [1.807, 2.05) is 44.2 Å². The zero-order valence-corrected chi connectivity index (χ0v) is 17.4. The van der Waals surface area contributed by atoms with E-state index in [1.54, 1.807) is 20.8 Å². The number of alkyl carbamates (subject to hydrolysis) is 1. The fourth-order valence-corrected chi connectivity index (χ4v) is 2.37. The second kappa shape index (κ2) is 11.3. The maximum atomic E-state index is 12.4. The van der Waals surface area contributed by atoms with Crippen molar-refractivity contribution in [3.05, 3.63) is 35.9 Å². The third-order valence-corrected chi connectivity index (χ3v) is 3.59. The number of carbonyl (C=O) groups excluding carboxylic acids is 3. The van der Waals surface area contributed by atoms with Gasteiger partial charge in [0.25, 0.3) is 0 Å². The topological polar surface area (TPSA) is 93.7 Å². The Hall–Kier alpha value is -2.57. The Balaban J connectivity index is 2.42. The first-order chi connectivity index (χ1) is 13.1. The number of esters is 1. The molecule has 1 aromatic carbocycles. The van der Waals surface area contributed by atoms with Gasteiger partial charge in [-0.05, 0) is 38.7 Å². The molecular formula is C21H32N2O5. The van der Waals surface area contributed by atoms with Crippen molar-refractivity contribution in [2.75, 3.05) is 6.54 Å². The van der Waals surface area contributed by atoms with Crippen molar-refractivity contribution in [1.29, 1.82) is 0 Å². The Morgan fingerprint density at radius 2 is 1.71 bits per heavy atom. The van der Waals surface area contributed by atoms with E-state index in [1.165, 1.54) is 0 Å². The highest BCUT2D eigenvalue weighted by molar-refractivity contribution is 5.86. The molecule has 0 radical (unpaired) electrons. The summed E-state index contributed by atoms with van der Waals surface area (Å²) in [5, 5.41) is 5.28. The van der Waals surface area contributed by atoms with Crippen LogP contribution in [0.5, 0.6) is 0 Å². The number of hydrogen-bond donors (Lipinski definition) is 2. The van der Waals surface area contributed by atoms with Crippen LogP contribution in [0.2, 0.25) is 0 Å². The molecule has 1 atom stereocenters. The minimum atomic E-state index is -0.727. The molecule has 0 aliphatic heterocycles. The summed E-state index contributed by atoms with van der Waals surface area (Å²) < 4.78 is 10.4. The largest absolute Gasteiger partial charge is 0.461 e. The predicted octanol–water partition coefficient (Wildman–Crippen LogP) is 3.18. The lowest BCUT2D eigenvalue weighted by atomic mass is 10.0. The molecule has 156 valence electrons. The molecule has 0 aromatic heterocycles. The first-order valence-electron chi connectivity index (χ1n) is 9.53.